The molecule has 0 radical (unpaired) electrons. The molecule has 2 heterocycles. The number of rotatable bonds is 4. The number of carbonyl (C=O) groups excluding carboxylic acids is 1. The molecule has 0 atom stereocenters. The fraction of sp³-hybridized carbons (Fsp3) is 0.182. The maximum Gasteiger partial charge on any atom is 0.253 e. The molecule has 0 aliphatic rings. The van der Waals surface area contributed by atoms with E-state index in [0.717, 1.165) is 5.69 Å². The summed E-state index contributed by atoms with van der Waals surface area (Å²) in [6.07, 6.45) is 3.00. The number of pyridine rings is 1. The first-order chi connectivity index (χ1) is 8.70. The average molecular weight is 247 g/mol. The Morgan fingerprint density at radius 1 is 1.56 bits per heavy atom. The van der Waals surface area contributed by atoms with Gasteiger partial charge in [0, 0.05) is 12.3 Å². The molecule has 94 valence electrons. The zero-order valence-corrected chi connectivity index (χ0v) is 9.80. The lowest BCUT2D eigenvalue weighted by atomic mass is 10.2. The third-order valence-corrected chi connectivity index (χ3v) is 2.32. The van der Waals surface area contributed by atoms with Gasteiger partial charge in [0.2, 0.25) is 0 Å². The van der Waals surface area contributed by atoms with Crippen LogP contribution in [0, 0.1) is 6.92 Å². The van der Waals surface area contributed by atoms with E-state index in [-0.39, 0.29) is 12.5 Å². The van der Waals surface area contributed by atoms with Crippen molar-refractivity contribution in [2.45, 2.75) is 13.5 Å². The van der Waals surface area contributed by atoms with E-state index in [1.54, 1.807) is 12.1 Å². The zero-order valence-electron chi connectivity index (χ0n) is 9.80. The monoisotopic (exact) mass is 247 g/mol. The highest BCUT2D eigenvalue weighted by atomic mass is 16.5. The molecule has 7 nitrogen and oxygen atoms in total. The Hall–Kier alpha value is -2.41. The highest BCUT2D eigenvalue weighted by Gasteiger charge is 2.11. The van der Waals surface area contributed by atoms with Crippen LogP contribution in [0.4, 0.5) is 5.69 Å². The highest BCUT2D eigenvalue weighted by molar-refractivity contribution is 5.99. The highest BCUT2D eigenvalue weighted by Crippen LogP contribution is 2.11. The van der Waals surface area contributed by atoms with Gasteiger partial charge in [-0.25, -0.2) is 0 Å². The number of amides is 1. The normalized spacial score (nSPS) is 10.1. The van der Waals surface area contributed by atoms with Gasteiger partial charge in [-0.05, 0) is 13.0 Å². The molecule has 0 aliphatic carbocycles. The first-order valence-electron chi connectivity index (χ1n) is 5.31. The minimum Gasteiger partial charge on any atom is -0.359 e. The summed E-state index contributed by atoms with van der Waals surface area (Å²) in [4.78, 5) is 15.8. The van der Waals surface area contributed by atoms with Gasteiger partial charge >= 0.3 is 0 Å². The molecule has 0 aromatic carbocycles. The lowest BCUT2D eigenvalue weighted by Gasteiger charge is -2.07. The summed E-state index contributed by atoms with van der Waals surface area (Å²) in [6.45, 7) is 2.08. The van der Waals surface area contributed by atoms with Crippen molar-refractivity contribution in [2.75, 3.05) is 5.43 Å². The molecule has 7 heteroatoms. The lowest BCUT2D eigenvalue weighted by Crippen LogP contribution is -2.24. The van der Waals surface area contributed by atoms with Gasteiger partial charge in [0.1, 0.15) is 0 Å². The van der Waals surface area contributed by atoms with Crippen molar-refractivity contribution in [1.29, 1.82) is 0 Å². The molecule has 0 saturated heterocycles. The van der Waals surface area contributed by atoms with Crippen molar-refractivity contribution in [3.8, 4) is 0 Å². The number of nitrogens with zero attached hydrogens (tertiary/aromatic N) is 2. The van der Waals surface area contributed by atoms with Crippen LogP contribution in [0.1, 0.15) is 21.8 Å². The molecule has 0 saturated carbocycles. The molecule has 2 rings (SSSR count). The Morgan fingerprint density at radius 3 is 3.06 bits per heavy atom. The predicted molar refractivity (Wildman–Crippen MR) is 64.5 cm³/mol. The molecular formula is C11H13N5O2. The van der Waals surface area contributed by atoms with Crippen LogP contribution in [0.25, 0.3) is 0 Å². The largest absolute Gasteiger partial charge is 0.359 e. The molecule has 0 spiro atoms. The van der Waals surface area contributed by atoms with Gasteiger partial charge in [-0.15, -0.1) is 0 Å². The number of nitrogens with two attached hydrogens (primary N) is 1. The number of aromatic nitrogens is 2. The smallest absolute Gasteiger partial charge is 0.253 e. The molecule has 2 aromatic rings. The van der Waals surface area contributed by atoms with E-state index in [4.69, 9.17) is 10.4 Å². The summed E-state index contributed by atoms with van der Waals surface area (Å²) in [5, 5.41) is 6.44. The van der Waals surface area contributed by atoms with Gasteiger partial charge in [0.15, 0.2) is 5.76 Å². The van der Waals surface area contributed by atoms with E-state index in [9.17, 15) is 4.79 Å². The number of hydrogen-bond acceptors (Lipinski definition) is 6. The van der Waals surface area contributed by atoms with Gasteiger partial charge in [-0.2, -0.15) is 0 Å². The molecule has 2 aromatic heterocycles. The van der Waals surface area contributed by atoms with E-state index >= 15 is 0 Å². The number of nitrogen functional groups attached to an aromatic ring is 1. The first kappa shape index (κ1) is 12.1. The molecule has 0 fully saturated rings. The van der Waals surface area contributed by atoms with Crippen LogP contribution in [0.15, 0.2) is 29.0 Å². The summed E-state index contributed by atoms with van der Waals surface area (Å²) < 4.78 is 4.99. The van der Waals surface area contributed by atoms with E-state index in [1.807, 2.05) is 6.92 Å². The minimum absolute atomic E-state index is 0.264. The van der Waals surface area contributed by atoms with E-state index in [1.165, 1.54) is 12.4 Å². The number of aryl methyl sites for hydroxylation is 1. The Morgan fingerprint density at radius 2 is 2.39 bits per heavy atom. The molecule has 1 amide bonds. The first-order valence-corrected chi connectivity index (χ1v) is 5.31. The number of hydrogen-bond donors (Lipinski definition) is 3. The van der Waals surface area contributed by atoms with Crippen LogP contribution in [-0.2, 0) is 6.54 Å². The zero-order chi connectivity index (χ0) is 13.0. The Balaban J connectivity index is 2.03. The molecule has 4 N–H and O–H groups in total. The quantitative estimate of drug-likeness (QED) is 0.539. The van der Waals surface area contributed by atoms with Gasteiger partial charge in [-0.1, -0.05) is 5.16 Å². The van der Waals surface area contributed by atoms with Crippen molar-refractivity contribution in [3.05, 3.63) is 41.5 Å². The Kier molecular flexibility index (Phi) is 3.54. The topological polar surface area (TPSA) is 106 Å². The third-order valence-electron chi connectivity index (χ3n) is 2.32. The summed E-state index contributed by atoms with van der Waals surface area (Å²) >= 11 is 0. The number of anilines is 1. The number of nitrogens with one attached hydrogen (secondary N) is 2. The number of hydrazine groups is 1. The van der Waals surface area contributed by atoms with Crippen LogP contribution in [0.2, 0.25) is 0 Å². The molecule has 0 unspecified atom stereocenters. The fourth-order valence-corrected chi connectivity index (χ4v) is 1.47. The predicted octanol–water partition coefficient (Wildman–Crippen LogP) is 0.594. The fourth-order valence-electron chi connectivity index (χ4n) is 1.47. The number of carbonyl (C=O) groups is 1. The van der Waals surface area contributed by atoms with Crippen LogP contribution in [0.3, 0.4) is 0 Å². The van der Waals surface area contributed by atoms with E-state index in [0.29, 0.717) is 17.0 Å². The summed E-state index contributed by atoms with van der Waals surface area (Å²) in [6, 6.07) is 3.34. The second-order valence-electron chi connectivity index (χ2n) is 3.68. The summed E-state index contributed by atoms with van der Waals surface area (Å²) in [5.41, 5.74) is 4.07. The standard InChI is InChI=1S/C11H13N5O2/c1-7-4-8(18-16-7)5-14-11(17)9-2-3-13-6-10(9)15-12/h2-4,6,15H,5,12H2,1H3,(H,14,17). The maximum absolute atomic E-state index is 11.9. The van der Waals surface area contributed by atoms with Crippen molar-refractivity contribution < 1.29 is 9.32 Å². The third kappa shape index (κ3) is 2.64. The second kappa shape index (κ2) is 5.28. The van der Waals surface area contributed by atoms with Gasteiger partial charge in [0.25, 0.3) is 5.91 Å². The van der Waals surface area contributed by atoms with Crippen LogP contribution in [-0.4, -0.2) is 16.0 Å². The molecule has 0 aliphatic heterocycles. The average Bonchev–Trinajstić information content (AvgIpc) is 2.81. The minimum atomic E-state index is -0.264. The summed E-state index contributed by atoms with van der Waals surface area (Å²) in [5.74, 6) is 5.63. The molecular weight excluding hydrogens is 234 g/mol. The SMILES string of the molecule is Cc1cc(CNC(=O)c2ccncc2NN)on1. The van der Waals surface area contributed by atoms with Gasteiger partial charge in [0.05, 0.1) is 29.7 Å². The van der Waals surface area contributed by atoms with Crippen molar-refractivity contribution in [3.63, 3.8) is 0 Å². The van der Waals surface area contributed by atoms with Crippen molar-refractivity contribution in [1.82, 2.24) is 15.5 Å². The summed E-state index contributed by atoms with van der Waals surface area (Å²) in [7, 11) is 0. The Labute approximate surface area is 103 Å². The van der Waals surface area contributed by atoms with E-state index in [2.05, 4.69) is 20.9 Å². The van der Waals surface area contributed by atoms with E-state index < -0.39 is 0 Å². The van der Waals surface area contributed by atoms with Crippen molar-refractivity contribution in [2.24, 2.45) is 5.84 Å². The van der Waals surface area contributed by atoms with Crippen LogP contribution >= 0.6 is 0 Å². The van der Waals surface area contributed by atoms with Crippen LogP contribution in [0.5, 0.6) is 0 Å². The lowest BCUT2D eigenvalue weighted by molar-refractivity contribution is 0.0947. The van der Waals surface area contributed by atoms with Gasteiger partial charge < -0.3 is 15.3 Å². The van der Waals surface area contributed by atoms with Crippen LogP contribution < -0.4 is 16.6 Å². The van der Waals surface area contributed by atoms with Gasteiger partial charge in [-0.3, -0.25) is 15.6 Å². The maximum atomic E-state index is 11.9. The molecule has 0 bridgehead atoms. The second-order valence-corrected chi connectivity index (χ2v) is 3.68. The van der Waals surface area contributed by atoms with Crippen molar-refractivity contribution >= 4 is 11.6 Å². The molecule has 18 heavy (non-hydrogen) atoms. The Bertz CT molecular complexity index is 552.